The lowest BCUT2D eigenvalue weighted by atomic mass is 10.1. The maximum atomic E-state index is 11.0. The monoisotopic (exact) mass is 174 g/mol. The van der Waals surface area contributed by atoms with Gasteiger partial charge in [-0.3, -0.25) is 4.79 Å². The average molecular weight is 174 g/mol. The molecule has 0 amide bonds. The number of carbonyl (C=O) groups is 2. The molecule has 1 aliphatic heterocycles. The molecule has 0 spiro atoms. The fourth-order valence-electron chi connectivity index (χ4n) is 0.871. The van der Waals surface area contributed by atoms with Crippen molar-refractivity contribution in [2.24, 2.45) is 0 Å². The lowest BCUT2D eigenvalue weighted by molar-refractivity contribution is -0.153. The third-order valence-corrected chi connectivity index (χ3v) is 1.71. The Morgan fingerprint density at radius 2 is 2.00 bits per heavy atom. The quantitative estimate of drug-likeness (QED) is 0.426. The van der Waals surface area contributed by atoms with Crippen molar-refractivity contribution < 1.29 is 23.8 Å². The number of hydrogen-bond donors (Lipinski definition) is 0. The molecule has 68 valence electrons. The van der Waals surface area contributed by atoms with Crippen LogP contribution in [0.2, 0.25) is 0 Å². The van der Waals surface area contributed by atoms with Gasteiger partial charge in [0.2, 0.25) is 0 Å². The van der Waals surface area contributed by atoms with Crippen LogP contribution in [0, 0.1) is 0 Å². The van der Waals surface area contributed by atoms with Gasteiger partial charge in [-0.05, 0) is 0 Å². The van der Waals surface area contributed by atoms with Gasteiger partial charge in [0.15, 0.2) is 5.60 Å². The van der Waals surface area contributed by atoms with Crippen LogP contribution in [-0.2, 0) is 23.8 Å². The molecule has 0 unspecified atom stereocenters. The zero-order valence-electron chi connectivity index (χ0n) is 6.96. The first-order chi connectivity index (χ1) is 5.64. The smallest absolute Gasteiger partial charge is 0.341 e. The minimum Gasteiger partial charge on any atom is -0.469 e. The maximum Gasteiger partial charge on any atom is 0.341 e. The van der Waals surface area contributed by atoms with Crippen LogP contribution >= 0.6 is 0 Å². The lowest BCUT2D eigenvalue weighted by Crippen LogP contribution is -2.29. The summed E-state index contributed by atoms with van der Waals surface area (Å²) in [6, 6.07) is 0. The van der Waals surface area contributed by atoms with Crippen LogP contribution in [0.3, 0.4) is 0 Å². The SMILES string of the molecule is COC(=O)C[C@]1(C(=O)OC)CO1. The molecule has 0 saturated carbocycles. The van der Waals surface area contributed by atoms with Crippen molar-refractivity contribution in [2.45, 2.75) is 12.0 Å². The van der Waals surface area contributed by atoms with Crippen molar-refractivity contribution in [3.05, 3.63) is 0 Å². The van der Waals surface area contributed by atoms with E-state index in [4.69, 9.17) is 4.74 Å². The molecular formula is C7H10O5. The summed E-state index contributed by atoms with van der Waals surface area (Å²) >= 11 is 0. The Morgan fingerprint density at radius 1 is 1.42 bits per heavy atom. The molecule has 1 heterocycles. The van der Waals surface area contributed by atoms with Gasteiger partial charge < -0.3 is 14.2 Å². The summed E-state index contributed by atoms with van der Waals surface area (Å²) in [6.45, 7) is 0.231. The van der Waals surface area contributed by atoms with Crippen molar-refractivity contribution in [2.75, 3.05) is 20.8 Å². The van der Waals surface area contributed by atoms with E-state index in [2.05, 4.69) is 9.47 Å². The molecule has 1 atom stereocenters. The summed E-state index contributed by atoms with van der Waals surface area (Å²) in [6.07, 6.45) is -0.0732. The highest BCUT2D eigenvalue weighted by atomic mass is 16.6. The first-order valence-corrected chi connectivity index (χ1v) is 3.44. The zero-order chi connectivity index (χ0) is 9.19. The Kier molecular flexibility index (Phi) is 2.32. The molecule has 5 nitrogen and oxygen atoms in total. The molecule has 1 rings (SSSR count). The summed E-state index contributed by atoms with van der Waals surface area (Å²) in [5.74, 6) is -0.995. The Labute approximate surface area is 69.6 Å². The number of esters is 2. The van der Waals surface area contributed by atoms with Crippen LogP contribution in [-0.4, -0.2) is 38.4 Å². The van der Waals surface area contributed by atoms with Crippen LogP contribution in [0.25, 0.3) is 0 Å². The highest BCUT2D eigenvalue weighted by molar-refractivity contribution is 5.88. The second-order valence-corrected chi connectivity index (χ2v) is 2.53. The van der Waals surface area contributed by atoms with E-state index in [-0.39, 0.29) is 13.0 Å². The lowest BCUT2D eigenvalue weighted by Gasteiger charge is -2.06. The minimum absolute atomic E-state index is 0.0732. The van der Waals surface area contributed by atoms with Crippen molar-refractivity contribution in [1.29, 1.82) is 0 Å². The first-order valence-electron chi connectivity index (χ1n) is 3.44. The Bertz CT molecular complexity index is 206. The van der Waals surface area contributed by atoms with Gasteiger partial charge >= 0.3 is 11.9 Å². The molecule has 1 saturated heterocycles. The molecular weight excluding hydrogens is 164 g/mol. The van der Waals surface area contributed by atoms with Gasteiger partial charge in [0.1, 0.15) is 0 Å². The summed E-state index contributed by atoms with van der Waals surface area (Å²) < 4.78 is 13.7. The van der Waals surface area contributed by atoms with Crippen molar-refractivity contribution in [1.82, 2.24) is 0 Å². The topological polar surface area (TPSA) is 65.1 Å². The van der Waals surface area contributed by atoms with Crippen LogP contribution < -0.4 is 0 Å². The highest BCUT2D eigenvalue weighted by Gasteiger charge is 2.55. The van der Waals surface area contributed by atoms with Crippen LogP contribution in [0.15, 0.2) is 0 Å². The third kappa shape index (κ3) is 1.55. The molecule has 0 aromatic carbocycles. The van der Waals surface area contributed by atoms with E-state index in [9.17, 15) is 9.59 Å². The van der Waals surface area contributed by atoms with Crippen LogP contribution in [0.4, 0.5) is 0 Å². The Morgan fingerprint density at radius 3 is 2.33 bits per heavy atom. The molecule has 0 bridgehead atoms. The summed E-state index contributed by atoms with van der Waals surface area (Å²) in [4.78, 5) is 21.8. The zero-order valence-corrected chi connectivity index (χ0v) is 6.96. The number of methoxy groups -OCH3 is 2. The molecule has 0 N–H and O–H groups in total. The fourth-order valence-corrected chi connectivity index (χ4v) is 0.871. The van der Waals surface area contributed by atoms with Gasteiger partial charge in [-0.2, -0.15) is 0 Å². The third-order valence-electron chi connectivity index (χ3n) is 1.71. The number of hydrogen-bond acceptors (Lipinski definition) is 5. The molecule has 1 fully saturated rings. The van der Waals surface area contributed by atoms with Crippen LogP contribution in [0.1, 0.15) is 6.42 Å². The molecule has 12 heavy (non-hydrogen) atoms. The standard InChI is InChI=1S/C7H10O5/c1-10-5(8)3-7(4-12-7)6(9)11-2/h3-4H2,1-2H3/t7-/m1/s1. The summed E-state index contributed by atoms with van der Waals surface area (Å²) in [5, 5.41) is 0. The van der Waals surface area contributed by atoms with E-state index in [1.807, 2.05) is 0 Å². The van der Waals surface area contributed by atoms with E-state index < -0.39 is 17.5 Å². The summed E-state index contributed by atoms with van der Waals surface area (Å²) in [5.41, 5.74) is -1.05. The number of carbonyl (C=O) groups excluding carboxylic acids is 2. The van der Waals surface area contributed by atoms with Gasteiger partial charge in [0, 0.05) is 0 Å². The predicted molar refractivity (Wildman–Crippen MR) is 37.3 cm³/mol. The largest absolute Gasteiger partial charge is 0.469 e. The fraction of sp³-hybridized carbons (Fsp3) is 0.714. The first kappa shape index (κ1) is 8.99. The van der Waals surface area contributed by atoms with E-state index in [0.29, 0.717) is 0 Å². The van der Waals surface area contributed by atoms with Gasteiger partial charge in [-0.1, -0.05) is 0 Å². The number of ether oxygens (including phenoxy) is 3. The van der Waals surface area contributed by atoms with E-state index in [1.165, 1.54) is 14.2 Å². The van der Waals surface area contributed by atoms with Crippen molar-refractivity contribution in [3.8, 4) is 0 Å². The molecule has 0 aromatic rings. The van der Waals surface area contributed by atoms with Gasteiger partial charge in [-0.15, -0.1) is 0 Å². The predicted octanol–water partition coefficient (Wildman–Crippen LogP) is -0.509. The second kappa shape index (κ2) is 3.10. The van der Waals surface area contributed by atoms with E-state index in [0.717, 1.165) is 0 Å². The van der Waals surface area contributed by atoms with Crippen molar-refractivity contribution in [3.63, 3.8) is 0 Å². The molecule has 0 aromatic heterocycles. The molecule has 1 aliphatic rings. The second-order valence-electron chi connectivity index (χ2n) is 2.53. The Hall–Kier alpha value is -1.10. The molecule has 0 aliphatic carbocycles. The molecule has 5 heteroatoms. The normalized spacial score (nSPS) is 26.2. The van der Waals surface area contributed by atoms with Crippen LogP contribution in [0.5, 0.6) is 0 Å². The van der Waals surface area contributed by atoms with Gasteiger partial charge in [0.25, 0.3) is 0 Å². The van der Waals surface area contributed by atoms with Gasteiger partial charge in [0.05, 0.1) is 27.2 Å². The van der Waals surface area contributed by atoms with E-state index >= 15 is 0 Å². The highest BCUT2D eigenvalue weighted by Crippen LogP contribution is 2.32. The Balaban J connectivity index is 2.50. The van der Waals surface area contributed by atoms with E-state index in [1.54, 1.807) is 0 Å². The van der Waals surface area contributed by atoms with Crippen molar-refractivity contribution >= 4 is 11.9 Å². The maximum absolute atomic E-state index is 11.0. The van der Waals surface area contributed by atoms with Gasteiger partial charge in [-0.25, -0.2) is 4.79 Å². The molecule has 0 radical (unpaired) electrons. The average Bonchev–Trinajstić information content (AvgIpc) is 2.84. The summed E-state index contributed by atoms with van der Waals surface area (Å²) in [7, 11) is 2.51. The number of rotatable bonds is 3. The number of epoxide rings is 1. The minimum atomic E-state index is -1.05.